The molecule has 0 radical (unpaired) electrons. The lowest BCUT2D eigenvalue weighted by molar-refractivity contribution is -0.188. The molecule has 2 aliphatic heterocycles. The van der Waals surface area contributed by atoms with Gasteiger partial charge in [-0.3, -0.25) is 9.69 Å². The summed E-state index contributed by atoms with van der Waals surface area (Å²) in [5, 5.41) is 12.1. The largest absolute Gasteiger partial charge is 0.481 e. The number of ether oxygens (including phenoxy) is 1. The van der Waals surface area contributed by atoms with Crippen molar-refractivity contribution in [1.29, 1.82) is 0 Å². The Morgan fingerprint density at radius 1 is 1.32 bits per heavy atom. The van der Waals surface area contributed by atoms with E-state index >= 15 is 0 Å². The highest BCUT2D eigenvalue weighted by atomic mass is 16.5. The molecule has 4 heteroatoms. The highest BCUT2D eigenvalue weighted by Gasteiger charge is 2.72. The molecule has 1 N–H and O–H groups in total. The van der Waals surface area contributed by atoms with Gasteiger partial charge in [-0.05, 0) is 62.6 Å². The zero-order valence-electron chi connectivity index (χ0n) is 14.8. The minimum absolute atomic E-state index is 0.127. The van der Waals surface area contributed by atoms with E-state index < -0.39 is 17.1 Å². The van der Waals surface area contributed by atoms with Crippen LogP contribution in [0.1, 0.15) is 48.8 Å². The standard InChI is InChI=1S/C21H25NO3/c1-12-2-5-14-10-16-21(24)7-6-15(23)19-20(21,17(14)18(12)25-19)8-9-22(16)11-13-3-4-13/h2,5,13,16,19,24H,3-4,6-11H2,1H3/t16?,19-,20-,21+/m0/s1. The van der Waals surface area contributed by atoms with Gasteiger partial charge in [-0.1, -0.05) is 12.1 Å². The fourth-order valence-electron chi connectivity index (χ4n) is 6.41. The maximum Gasteiger partial charge on any atom is 0.174 e. The van der Waals surface area contributed by atoms with Gasteiger partial charge in [-0.15, -0.1) is 0 Å². The van der Waals surface area contributed by atoms with Crippen LogP contribution in [0.4, 0.5) is 0 Å². The number of likely N-dealkylation sites (tertiary alicyclic amines) is 1. The van der Waals surface area contributed by atoms with Gasteiger partial charge in [-0.2, -0.15) is 0 Å². The third-order valence-electron chi connectivity index (χ3n) is 7.78. The third kappa shape index (κ3) is 1.59. The first-order valence-corrected chi connectivity index (χ1v) is 9.83. The van der Waals surface area contributed by atoms with Gasteiger partial charge >= 0.3 is 0 Å². The van der Waals surface area contributed by atoms with Crippen LogP contribution in [0.5, 0.6) is 5.75 Å². The smallest absolute Gasteiger partial charge is 0.174 e. The minimum Gasteiger partial charge on any atom is -0.481 e. The van der Waals surface area contributed by atoms with Crippen LogP contribution in [0.15, 0.2) is 12.1 Å². The number of carbonyl (C=O) groups excluding carboxylic acids is 1. The number of carbonyl (C=O) groups is 1. The number of rotatable bonds is 2. The SMILES string of the molecule is Cc1ccc2c3c1O[C@H]1C(=O)CC[C@@]4(O)C(C2)N(CC2CC2)CC[C@]314. The molecule has 1 unspecified atom stereocenters. The molecule has 1 saturated heterocycles. The van der Waals surface area contributed by atoms with Crippen LogP contribution in [-0.2, 0) is 16.6 Å². The normalized spacial score (nSPS) is 41.4. The van der Waals surface area contributed by atoms with Gasteiger partial charge in [-0.25, -0.2) is 0 Å². The quantitative estimate of drug-likeness (QED) is 0.897. The number of benzene rings is 1. The van der Waals surface area contributed by atoms with Crippen LogP contribution in [-0.4, -0.2) is 46.6 Å². The number of ketones is 1. The summed E-state index contributed by atoms with van der Waals surface area (Å²) in [7, 11) is 0. The highest BCUT2D eigenvalue weighted by Crippen LogP contribution is 2.64. The van der Waals surface area contributed by atoms with Crippen LogP contribution in [0.3, 0.4) is 0 Å². The molecule has 25 heavy (non-hydrogen) atoms. The van der Waals surface area contributed by atoms with Crippen molar-refractivity contribution in [1.82, 2.24) is 4.90 Å². The molecule has 0 aromatic heterocycles. The first-order valence-electron chi connectivity index (χ1n) is 9.83. The zero-order valence-corrected chi connectivity index (χ0v) is 14.8. The summed E-state index contributed by atoms with van der Waals surface area (Å²) >= 11 is 0. The van der Waals surface area contributed by atoms with Crippen LogP contribution < -0.4 is 4.74 Å². The monoisotopic (exact) mass is 339 g/mol. The lowest BCUT2D eigenvalue weighted by atomic mass is 9.49. The molecule has 2 heterocycles. The second kappa shape index (κ2) is 4.47. The van der Waals surface area contributed by atoms with Crippen molar-refractivity contribution >= 4 is 5.78 Å². The number of nitrogens with zero attached hydrogens (tertiary/aromatic N) is 1. The number of piperidine rings is 1. The van der Waals surface area contributed by atoms with Crippen molar-refractivity contribution in [2.24, 2.45) is 5.92 Å². The second-order valence-electron chi connectivity index (χ2n) is 9.01. The van der Waals surface area contributed by atoms with E-state index in [4.69, 9.17) is 4.74 Å². The third-order valence-corrected chi connectivity index (χ3v) is 7.78. The van der Waals surface area contributed by atoms with Crippen LogP contribution in [0.2, 0.25) is 0 Å². The maximum absolute atomic E-state index is 12.8. The summed E-state index contributed by atoms with van der Waals surface area (Å²) in [6.07, 6.45) is 4.94. The van der Waals surface area contributed by atoms with Crippen molar-refractivity contribution in [2.45, 2.75) is 68.6 Å². The summed E-state index contributed by atoms with van der Waals surface area (Å²) in [6.45, 7) is 4.14. The Balaban J connectivity index is 1.58. The van der Waals surface area contributed by atoms with E-state index in [9.17, 15) is 9.90 Å². The van der Waals surface area contributed by atoms with Crippen molar-refractivity contribution < 1.29 is 14.6 Å². The molecule has 1 spiro atoms. The van der Waals surface area contributed by atoms with Gasteiger partial charge in [0, 0.05) is 24.6 Å². The first-order chi connectivity index (χ1) is 12.0. The Bertz CT molecular complexity index is 801. The molecule has 2 saturated carbocycles. The first kappa shape index (κ1) is 14.7. The van der Waals surface area contributed by atoms with Crippen molar-refractivity contribution in [3.63, 3.8) is 0 Å². The van der Waals surface area contributed by atoms with Gasteiger partial charge in [0.25, 0.3) is 0 Å². The van der Waals surface area contributed by atoms with E-state index in [1.54, 1.807) is 0 Å². The second-order valence-corrected chi connectivity index (χ2v) is 9.01. The molecule has 4 nitrogen and oxygen atoms in total. The Labute approximate surface area is 148 Å². The van der Waals surface area contributed by atoms with E-state index in [1.807, 2.05) is 0 Å². The minimum atomic E-state index is -0.829. The van der Waals surface area contributed by atoms with E-state index in [1.165, 1.54) is 24.0 Å². The van der Waals surface area contributed by atoms with E-state index in [-0.39, 0.29) is 11.8 Å². The fraction of sp³-hybridized carbons (Fsp3) is 0.667. The van der Waals surface area contributed by atoms with Gasteiger partial charge in [0.05, 0.1) is 11.0 Å². The van der Waals surface area contributed by atoms with Crippen LogP contribution in [0, 0.1) is 12.8 Å². The van der Waals surface area contributed by atoms with Crippen molar-refractivity contribution in [3.05, 3.63) is 28.8 Å². The topological polar surface area (TPSA) is 49.8 Å². The Morgan fingerprint density at radius 3 is 2.96 bits per heavy atom. The average molecular weight is 339 g/mol. The Morgan fingerprint density at radius 2 is 2.16 bits per heavy atom. The zero-order chi connectivity index (χ0) is 17.0. The predicted molar refractivity (Wildman–Crippen MR) is 92.9 cm³/mol. The predicted octanol–water partition coefficient (Wildman–Crippen LogP) is 2.13. The van der Waals surface area contributed by atoms with Gasteiger partial charge in [0.15, 0.2) is 11.9 Å². The number of Topliss-reactive ketones (excluding diaryl/α,β-unsaturated/α-hetero) is 1. The van der Waals surface area contributed by atoms with Crippen LogP contribution in [0.25, 0.3) is 0 Å². The number of hydrogen-bond donors (Lipinski definition) is 1. The summed E-state index contributed by atoms with van der Waals surface area (Å²) in [5.74, 6) is 1.89. The number of aryl methyl sites for hydroxylation is 1. The molecular formula is C21H25NO3. The summed E-state index contributed by atoms with van der Waals surface area (Å²) in [5.41, 5.74) is 2.23. The van der Waals surface area contributed by atoms with E-state index in [0.717, 1.165) is 43.2 Å². The molecule has 5 aliphatic rings. The average Bonchev–Trinajstić information content (AvgIpc) is 3.32. The summed E-state index contributed by atoms with van der Waals surface area (Å²) in [6, 6.07) is 4.47. The van der Waals surface area contributed by atoms with E-state index in [2.05, 4.69) is 24.0 Å². The molecule has 132 valence electrons. The molecule has 3 fully saturated rings. The van der Waals surface area contributed by atoms with E-state index in [0.29, 0.717) is 12.8 Å². The number of hydrogen-bond acceptors (Lipinski definition) is 4. The molecule has 6 rings (SSSR count). The molecule has 3 aliphatic carbocycles. The Kier molecular flexibility index (Phi) is 2.64. The van der Waals surface area contributed by atoms with Crippen LogP contribution >= 0.6 is 0 Å². The number of aliphatic hydroxyl groups is 1. The molecule has 1 aromatic carbocycles. The van der Waals surface area contributed by atoms with Gasteiger partial charge in [0.1, 0.15) is 5.75 Å². The van der Waals surface area contributed by atoms with Crippen molar-refractivity contribution in [2.75, 3.05) is 13.1 Å². The molecule has 1 aromatic rings. The Hall–Kier alpha value is -1.39. The molecular weight excluding hydrogens is 314 g/mol. The van der Waals surface area contributed by atoms with Gasteiger partial charge in [0.2, 0.25) is 0 Å². The lowest BCUT2D eigenvalue weighted by Gasteiger charge is -2.62. The summed E-state index contributed by atoms with van der Waals surface area (Å²) < 4.78 is 6.29. The molecule has 0 amide bonds. The fourth-order valence-corrected chi connectivity index (χ4v) is 6.41. The highest BCUT2D eigenvalue weighted by molar-refractivity contribution is 5.89. The summed E-state index contributed by atoms with van der Waals surface area (Å²) in [4.78, 5) is 15.3. The maximum atomic E-state index is 12.8. The molecule has 2 bridgehead atoms. The lowest BCUT2D eigenvalue weighted by Crippen LogP contribution is -2.76. The molecule has 4 atom stereocenters. The van der Waals surface area contributed by atoms with Crippen molar-refractivity contribution in [3.8, 4) is 5.75 Å². The van der Waals surface area contributed by atoms with Gasteiger partial charge < -0.3 is 9.84 Å².